The van der Waals surface area contributed by atoms with E-state index >= 15 is 0 Å². The molecule has 1 unspecified atom stereocenters. The normalized spacial score (nSPS) is 12.0. The average Bonchev–Trinajstić information content (AvgIpc) is 2.94. The molecule has 0 spiro atoms. The fourth-order valence-electron chi connectivity index (χ4n) is 5.32. The maximum Gasteiger partial charge on any atom is 0.281 e. The van der Waals surface area contributed by atoms with Gasteiger partial charge in [-0.3, -0.25) is 9.59 Å². The van der Waals surface area contributed by atoms with Crippen molar-refractivity contribution in [2.24, 2.45) is 11.7 Å². The van der Waals surface area contributed by atoms with E-state index < -0.39 is 6.04 Å². The zero-order valence-electron chi connectivity index (χ0n) is 24.2. The van der Waals surface area contributed by atoms with E-state index in [4.69, 9.17) is 10.7 Å². The van der Waals surface area contributed by atoms with Crippen LogP contribution >= 0.6 is 0 Å². The third-order valence-electron chi connectivity index (χ3n) is 7.47. The molecule has 2 N–H and O–H groups in total. The number of hydrogen-bond donors (Lipinski definition) is 1. The fourth-order valence-corrected chi connectivity index (χ4v) is 5.32. The van der Waals surface area contributed by atoms with Gasteiger partial charge >= 0.3 is 0 Å². The van der Waals surface area contributed by atoms with Crippen LogP contribution in [0.25, 0.3) is 11.1 Å². The van der Waals surface area contributed by atoms with Crippen LogP contribution in [0.4, 0.5) is 0 Å². The second kappa shape index (κ2) is 12.9. The Labute approximate surface area is 237 Å². The second-order valence-electron chi connectivity index (χ2n) is 10.8. The Morgan fingerprint density at radius 2 is 1.57 bits per heavy atom. The van der Waals surface area contributed by atoms with Gasteiger partial charge in [-0.25, -0.2) is 0 Å². The first-order valence-corrected chi connectivity index (χ1v) is 14.0. The van der Waals surface area contributed by atoms with E-state index in [1.54, 1.807) is 0 Å². The minimum atomic E-state index is -0.429. The number of amides is 1. The molecule has 4 rings (SSSR count). The van der Waals surface area contributed by atoms with Crippen molar-refractivity contribution in [2.75, 3.05) is 13.1 Å². The molecule has 208 valence electrons. The largest absolute Gasteiger partial charge is 0.330 e. The summed E-state index contributed by atoms with van der Waals surface area (Å²) in [6.45, 7) is 11.6. The summed E-state index contributed by atoms with van der Waals surface area (Å²) in [7, 11) is 0. The molecule has 6 heteroatoms. The molecule has 40 heavy (non-hydrogen) atoms. The third-order valence-corrected chi connectivity index (χ3v) is 7.47. The summed E-state index contributed by atoms with van der Waals surface area (Å²) in [6.07, 6.45) is 0.643. The average molecular weight is 537 g/mol. The Morgan fingerprint density at radius 3 is 2.20 bits per heavy atom. The van der Waals surface area contributed by atoms with E-state index in [-0.39, 0.29) is 17.4 Å². The lowest BCUT2D eigenvalue weighted by molar-refractivity contribution is 0.0602. The van der Waals surface area contributed by atoms with Gasteiger partial charge in [0.1, 0.15) is 5.82 Å². The van der Waals surface area contributed by atoms with Crippen molar-refractivity contribution in [2.45, 2.75) is 53.6 Å². The predicted octanol–water partition coefficient (Wildman–Crippen LogP) is 6.07. The van der Waals surface area contributed by atoms with E-state index in [0.29, 0.717) is 43.0 Å². The molecule has 0 bridgehead atoms. The van der Waals surface area contributed by atoms with Gasteiger partial charge in [-0.2, -0.15) is 4.98 Å². The summed E-state index contributed by atoms with van der Waals surface area (Å²) >= 11 is 0. The molecule has 0 fully saturated rings. The maximum absolute atomic E-state index is 14.0. The predicted molar refractivity (Wildman–Crippen MR) is 162 cm³/mol. The molecule has 1 heterocycles. The van der Waals surface area contributed by atoms with E-state index in [0.717, 1.165) is 27.9 Å². The van der Waals surface area contributed by atoms with E-state index in [1.165, 1.54) is 0 Å². The van der Waals surface area contributed by atoms with Crippen LogP contribution < -0.4 is 11.3 Å². The third kappa shape index (κ3) is 6.23. The van der Waals surface area contributed by atoms with Gasteiger partial charge in [0.15, 0.2) is 0 Å². The first-order valence-electron chi connectivity index (χ1n) is 14.0. The Hall–Kier alpha value is -4.03. The van der Waals surface area contributed by atoms with Crippen molar-refractivity contribution in [3.8, 4) is 11.1 Å². The molecule has 1 amide bonds. The first-order chi connectivity index (χ1) is 19.2. The van der Waals surface area contributed by atoms with Crippen LogP contribution in [0.15, 0.2) is 83.7 Å². The molecule has 4 aromatic rings. The fraction of sp³-hybridized carbons (Fsp3) is 0.324. The second-order valence-corrected chi connectivity index (χ2v) is 10.8. The van der Waals surface area contributed by atoms with Gasteiger partial charge in [0.05, 0.1) is 11.6 Å². The summed E-state index contributed by atoms with van der Waals surface area (Å²) in [5.74, 6) is 0.495. The molecule has 0 aliphatic heterocycles. The Kier molecular flexibility index (Phi) is 9.33. The minimum absolute atomic E-state index is 0.00944. The number of aryl methyl sites for hydroxylation is 2. The van der Waals surface area contributed by atoms with Crippen LogP contribution in [-0.2, 0) is 6.54 Å². The summed E-state index contributed by atoms with van der Waals surface area (Å²) < 4.78 is 2.13. The first kappa shape index (κ1) is 29.0. The quantitative estimate of drug-likeness (QED) is 0.267. The van der Waals surface area contributed by atoms with Crippen LogP contribution in [-0.4, -0.2) is 33.4 Å². The van der Waals surface area contributed by atoms with Gasteiger partial charge in [0.25, 0.3) is 11.5 Å². The highest BCUT2D eigenvalue weighted by Crippen LogP contribution is 2.32. The molecule has 0 aliphatic carbocycles. The smallest absolute Gasteiger partial charge is 0.281 e. The number of hydrogen-bond acceptors (Lipinski definition) is 4. The molecule has 0 saturated carbocycles. The highest BCUT2D eigenvalue weighted by Gasteiger charge is 2.33. The zero-order chi connectivity index (χ0) is 28.8. The minimum Gasteiger partial charge on any atom is -0.330 e. The van der Waals surface area contributed by atoms with Gasteiger partial charge in [0.2, 0.25) is 0 Å². The van der Waals surface area contributed by atoms with E-state index in [9.17, 15) is 9.59 Å². The molecule has 0 aliphatic rings. The monoisotopic (exact) mass is 536 g/mol. The Bertz CT molecular complexity index is 1510. The standard InChI is InChI=1S/C34H40N4O2/c1-23(2)31(37(21-11-20-35)34(40)28-18-16-24(3)17-19-28)32-36-33(39)30(29-15-10-9-12-25(29)4)26(5)38(32)22-27-13-7-6-8-14-27/h6-10,12-19,23,31H,11,20-22,35H2,1-5H3. The highest BCUT2D eigenvalue weighted by molar-refractivity contribution is 5.94. The number of nitrogens with two attached hydrogens (primary N) is 1. The lowest BCUT2D eigenvalue weighted by Crippen LogP contribution is -2.42. The lowest BCUT2D eigenvalue weighted by atomic mass is 9.96. The van der Waals surface area contributed by atoms with E-state index in [2.05, 4.69) is 30.5 Å². The number of rotatable bonds is 10. The van der Waals surface area contributed by atoms with Crippen molar-refractivity contribution in [1.82, 2.24) is 14.5 Å². The number of carbonyl (C=O) groups excluding carboxylic acids is 1. The number of aromatic nitrogens is 2. The number of carbonyl (C=O) groups is 1. The molecule has 0 radical (unpaired) electrons. The lowest BCUT2D eigenvalue weighted by Gasteiger charge is -2.36. The van der Waals surface area contributed by atoms with Gasteiger partial charge in [-0.1, -0.05) is 86.1 Å². The van der Waals surface area contributed by atoms with Gasteiger partial charge in [-0.05, 0) is 68.5 Å². The molecule has 6 nitrogen and oxygen atoms in total. The number of benzene rings is 3. The van der Waals surface area contributed by atoms with E-state index in [1.807, 2.05) is 92.4 Å². The van der Waals surface area contributed by atoms with Crippen molar-refractivity contribution in [1.29, 1.82) is 0 Å². The number of nitrogens with zero attached hydrogens (tertiary/aromatic N) is 3. The summed E-state index contributed by atoms with van der Waals surface area (Å²) in [5.41, 5.74) is 11.8. The molecule has 0 saturated heterocycles. The topological polar surface area (TPSA) is 81.2 Å². The SMILES string of the molecule is Cc1ccc(C(=O)N(CCCN)C(c2nc(=O)c(-c3ccccc3C)c(C)n2Cc2ccccc2)C(C)C)cc1. The van der Waals surface area contributed by atoms with Crippen LogP contribution in [0.3, 0.4) is 0 Å². The Morgan fingerprint density at radius 1 is 0.925 bits per heavy atom. The molecular formula is C34H40N4O2. The molecule has 3 aromatic carbocycles. The van der Waals surface area contributed by atoms with Crippen molar-refractivity contribution >= 4 is 5.91 Å². The van der Waals surface area contributed by atoms with Gasteiger partial charge in [0, 0.05) is 24.3 Å². The van der Waals surface area contributed by atoms with Gasteiger partial charge < -0.3 is 15.2 Å². The van der Waals surface area contributed by atoms with Crippen molar-refractivity contribution in [3.05, 3.63) is 123 Å². The molecule has 1 atom stereocenters. The van der Waals surface area contributed by atoms with Crippen molar-refractivity contribution < 1.29 is 4.79 Å². The van der Waals surface area contributed by atoms with Crippen LogP contribution in [0.1, 0.15) is 64.9 Å². The summed E-state index contributed by atoms with van der Waals surface area (Å²) in [5, 5.41) is 0. The summed E-state index contributed by atoms with van der Waals surface area (Å²) in [4.78, 5) is 34.5. The van der Waals surface area contributed by atoms with Crippen LogP contribution in [0.2, 0.25) is 0 Å². The van der Waals surface area contributed by atoms with Crippen molar-refractivity contribution in [3.63, 3.8) is 0 Å². The highest BCUT2D eigenvalue weighted by atomic mass is 16.2. The van der Waals surface area contributed by atoms with Crippen LogP contribution in [0.5, 0.6) is 0 Å². The van der Waals surface area contributed by atoms with Gasteiger partial charge in [-0.15, -0.1) is 0 Å². The Balaban J connectivity index is 1.95. The van der Waals surface area contributed by atoms with Crippen LogP contribution in [0, 0.1) is 26.7 Å². The summed E-state index contributed by atoms with van der Waals surface area (Å²) in [6, 6.07) is 25.3. The molecule has 1 aromatic heterocycles. The maximum atomic E-state index is 14.0. The molecular weight excluding hydrogens is 496 g/mol. The zero-order valence-corrected chi connectivity index (χ0v) is 24.2.